The highest BCUT2D eigenvalue weighted by atomic mass is 32.2. The number of thioether (sulfide) groups is 1. The third-order valence-corrected chi connectivity index (χ3v) is 4.49. The molecule has 0 fully saturated rings. The molecule has 0 aromatic heterocycles. The Kier molecular flexibility index (Phi) is 6.70. The highest BCUT2D eigenvalue weighted by molar-refractivity contribution is 7.98. The van der Waals surface area contributed by atoms with E-state index in [0.29, 0.717) is 13.1 Å². The molecule has 1 aromatic carbocycles. The lowest BCUT2D eigenvalue weighted by molar-refractivity contribution is 0.580. The summed E-state index contributed by atoms with van der Waals surface area (Å²) in [5.74, 6) is 0.977. The van der Waals surface area contributed by atoms with Crippen molar-refractivity contribution in [2.45, 2.75) is 18.7 Å². The van der Waals surface area contributed by atoms with Gasteiger partial charge >= 0.3 is 0 Å². The Morgan fingerprint density at radius 2 is 2.06 bits per heavy atom. The third-order valence-electron chi connectivity index (χ3n) is 2.43. The van der Waals surface area contributed by atoms with Crippen LogP contribution >= 0.6 is 11.8 Å². The number of hydrogen-bond acceptors (Lipinski definition) is 4. The first-order valence-electron chi connectivity index (χ1n) is 5.81. The smallest absolute Gasteiger partial charge is 0.215 e. The van der Waals surface area contributed by atoms with Gasteiger partial charge in [0.05, 0.1) is 5.75 Å². The maximum absolute atomic E-state index is 11.8. The fourth-order valence-corrected chi connectivity index (χ4v) is 3.17. The molecule has 0 aliphatic carbocycles. The molecular weight excluding hydrogens is 268 g/mol. The normalized spacial score (nSPS) is 11.7. The van der Waals surface area contributed by atoms with Crippen molar-refractivity contribution in [3.05, 3.63) is 35.4 Å². The molecule has 0 radical (unpaired) electrons. The van der Waals surface area contributed by atoms with Crippen LogP contribution in [0.1, 0.15) is 17.5 Å². The first-order chi connectivity index (χ1) is 8.57. The molecule has 0 atom stereocenters. The van der Waals surface area contributed by atoms with Gasteiger partial charge < -0.3 is 5.73 Å². The first kappa shape index (κ1) is 15.5. The van der Waals surface area contributed by atoms with Gasteiger partial charge in [0.25, 0.3) is 0 Å². The molecule has 0 spiro atoms. The summed E-state index contributed by atoms with van der Waals surface area (Å²) in [6, 6.07) is 7.37. The zero-order valence-corrected chi connectivity index (χ0v) is 12.2. The Morgan fingerprint density at radius 3 is 2.72 bits per heavy atom. The molecule has 0 unspecified atom stereocenters. The average Bonchev–Trinajstić information content (AvgIpc) is 2.34. The second-order valence-electron chi connectivity index (χ2n) is 4.02. The molecule has 0 aliphatic heterocycles. The minimum Gasteiger partial charge on any atom is -0.326 e. The van der Waals surface area contributed by atoms with Crippen LogP contribution in [0, 0.1) is 0 Å². The lowest BCUT2D eigenvalue weighted by Gasteiger charge is -2.07. The summed E-state index contributed by atoms with van der Waals surface area (Å²) in [7, 11) is -3.24. The standard InChI is InChI=1S/C12H20N2O2S2/c1-17-7-3-6-14-18(15,16)10-12-5-2-4-11(8-12)9-13/h2,4-5,8,14H,3,6-7,9-10,13H2,1H3. The predicted octanol–water partition coefficient (Wildman–Crippen LogP) is 1.32. The van der Waals surface area contributed by atoms with Crippen molar-refractivity contribution >= 4 is 21.8 Å². The summed E-state index contributed by atoms with van der Waals surface area (Å²) in [6.45, 7) is 0.925. The van der Waals surface area contributed by atoms with E-state index in [1.54, 1.807) is 17.8 Å². The molecule has 3 N–H and O–H groups in total. The van der Waals surface area contributed by atoms with E-state index in [0.717, 1.165) is 23.3 Å². The third kappa shape index (κ3) is 5.86. The Morgan fingerprint density at radius 1 is 1.33 bits per heavy atom. The van der Waals surface area contributed by atoms with Gasteiger partial charge in [0.1, 0.15) is 0 Å². The van der Waals surface area contributed by atoms with Gasteiger partial charge in [-0.15, -0.1) is 0 Å². The summed E-state index contributed by atoms with van der Waals surface area (Å²) in [5.41, 5.74) is 7.25. The van der Waals surface area contributed by atoms with Crippen molar-refractivity contribution in [1.82, 2.24) is 4.72 Å². The molecule has 0 saturated heterocycles. The van der Waals surface area contributed by atoms with Gasteiger partial charge in [-0.3, -0.25) is 0 Å². The monoisotopic (exact) mass is 288 g/mol. The van der Waals surface area contributed by atoms with Crippen molar-refractivity contribution in [3.8, 4) is 0 Å². The van der Waals surface area contributed by atoms with E-state index >= 15 is 0 Å². The quantitative estimate of drug-likeness (QED) is 0.708. The number of sulfonamides is 1. The van der Waals surface area contributed by atoms with Gasteiger partial charge in [-0.05, 0) is 29.6 Å². The molecular formula is C12H20N2O2S2. The van der Waals surface area contributed by atoms with E-state index in [2.05, 4.69) is 4.72 Å². The summed E-state index contributed by atoms with van der Waals surface area (Å²) < 4.78 is 26.2. The van der Waals surface area contributed by atoms with Crippen LogP contribution < -0.4 is 10.5 Å². The second-order valence-corrected chi connectivity index (χ2v) is 6.82. The van der Waals surface area contributed by atoms with Crippen molar-refractivity contribution in [2.75, 3.05) is 18.6 Å². The Labute approximate surface area is 113 Å². The van der Waals surface area contributed by atoms with Gasteiger partial charge in [-0.1, -0.05) is 24.3 Å². The highest BCUT2D eigenvalue weighted by Crippen LogP contribution is 2.08. The van der Waals surface area contributed by atoms with E-state index in [4.69, 9.17) is 5.73 Å². The molecule has 0 heterocycles. The zero-order chi connectivity index (χ0) is 13.4. The Balaban J connectivity index is 2.53. The van der Waals surface area contributed by atoms with Crippen molar-refractivity contribution in [3.63, 3.8) is 0 Å². The lowest BCUT2D eigenvalue weighted by atomic mass is 10.1. The highest BCUT2D eigenvalue weighted by Gasteiger charge is 2.10. The van der Waals surface area contributed by atoms with Crippen LogP contribution in [0.4, 0.5) is 0 Å². The minimum absolute atomic E-state index is 0.0140. The van der Waals surface area contributed by atoms with Gasteiger partial charge in [0, 0.05) is 13.1 Å². The van der Waals surface area contributed by atoms with Crippen LogP contribution in [0.5, 0.6) is 0 Å². The number of nitrogens with two attached hydrogens (primary N) is 1. The molecule has 18 heavy (non-hydrogen) atoms. The van der Waals surface area contributed by atoms with Gasteiger partial charge in [0.15, 0.2) is 0 Å². The van der Waals surface area contributed by atoms with Crippen LogP contribution in [0.3, 0.4) is 0 Å². The van der Waals surface area contributed by atoms with E-state index in [1.165, 1.54) is 0 Å². The predicted molar refractivity (Wildman–Crippen MR) is 78.0 cm³/mol. The molecule has 0 amide bonds. The van der Waals surface area contributed by atoms with Crippen LogP contribution in [-0.4, -0.2) is 27.0 Å². The minimum atomic E-state index is -3.24. The van der Waals surface area contributed by atoms with Crippen LogP contribution in [0.2, 0.25) is 0 Å². The molecule has 1 aromatic rings. The molecule has 0 aliphatic rings. The van der Waals surface area contributed by atoms with Gasteiger partial charge in [0.2, 0.25) is 10.0 Å². The van der Waals surface area contributed by atoms with E-state index in [-0.39, 0.29) is 5.75 Å². The summed E-state index contributed by atoms with van der Waals surface area (Å²) in [4.78, 5) is 0. The zero-order valence-electron chi connectivity index (χ0n) is 10.6. The SMILES string of the molecule is CSCCCNS(=O)(=O)Cc1cccc(CN)c1. The summed E-state index contributed by atoms with van der Waals surface area (Å²) in [5, 5.41) is 0. The molecule has 4 nitrogen and oxygen atoms in total. The largest absolute Gasteiger partial charge is 0.326 e. The molecule has 0 bridgehead atoms. The molecule has 102 valence electrons. The topological polar surface area (TPSA) is 72.2 Å². The lowest BCUT2D eigenvalue weighted by Crippen LogP contribution is -2.26. The van der Waals surface area contributed by atoms with Crippen LogP contribution in [0.25, 0.3) is 0 Å². The maximum Gasteiger partial charge on any atom is 0.215 e. The Hall–Kier alpha value is -0.560. The van der Waals surface area contributed by atoms with E-state index in [9.17, 15) is 8.42 Å². The second kappa shape index (κ2) is 7.78. The van der Waals surface area contributed by atoms with Gasteiger partial charge in [-0.25, -0.2) is 13.1 Å². The number of nitrogens with one attached hydrogen (secondary N) is 1. The number of rotatable bonds is 8. The Bertz CT molecular complexity index is 461. The molecule has 1 rings (SSSR count). The first-order valence-corrected chi connectivity index (χ1v) is 8.86. The van der Waals surface area contributed by atoms with Crippen molar-refractivity contribution in [2.24, 2.45) is 5.73 Å². The summed E-state index contributed by atoms with van der Waals surface area (Å²) in [6.07, 6.45) is 2.86. The van der Waals surface area contributed by atoms with Gasteiger partial charge in [-0.2, -0.15) is 11.8 Å². The van der Waals surface area contributed by atoms with Crippen molar-refractivity contribution in [1.29, 1.82) is 0 Å². The van der Waals surface area contributed by atoms with Crippen molar-refractivity contribution < 1.29 is 8.42 Å². The fourth-order valence-electron chi connectivity index (χ4n) is 1.56. The molecule has 6 heteroatoms. The average molecular weight is 288 g/mol. The van der Waals surface area contributed by atoms with Crippen LogP contribution in [0.15, 0.2) is 24.3 Å². The number of hydrogen-bond donors (Lipinski definition) is 2. The van der Waals surface area contributed by atoms with E-state index in [1.807, 2.05) is 24.5 Å². The number of benzene rings is 1. The fraction of sp³-hybridized carbons (Fsp3) is 0.500. The van der Waals surface area contributed by atoms with Crippen LogP contribution in [-0.2, 0) is 22.3 Å². The van der Waals surface area contributed by atoms with E-state index < -0.39 is 10.0 Å². The summed E-state index contributed by atoms with van der Waals surface area (Å²) >= 11 is 1.71. The molecule has 0 saturated carbocycles. The maximum atomic E-state index is 11.8.